The molecule has 2 fully saturated rings. The molecule has 25 heavy (non-hydrogen) atoms. The molecule has 4 rings (SSSR count). The second-order valence-electron chi connectivity index (χ2n) is 6.79. The molecule has 0 unspecified atom stereocenters. The van der Waals surface area contributed by atoms with E-state index in [0.717, 1.165) is 36.9 Å². The SMILES string of the molecule is O=C(NCC1CCC2(CC1)OCCO2)c1cn[nH]c1-c1ccccc1. The van der Waals surface area contributed by atoms with Crippen LogP contribution in [0.2, 0.25) is 0 Å². The lowest BCUT2D eigenvalue weighted by Gasteiger charge is -2.35. The van der Waals surface area contributed by atoms with E-state index < -0.39 is 0 Å². The van der Waals surface area contributed by atoms with Gasteiger partial charge in [0, 0.05) is 24.9 Å². The van der Waals surface area contributed by atoms with Gasteiger partial charge in [-0.3, -0.25) is 9.89 Å². The van der Waals surface area contributed by atoms with Crippen LogP contribution in [0.5, 0.6) is 0 Å². The van der Waals surface area contributed by atoms with E-state index in [1.165, 1.54) is 0 Å². The number of rotatable bonds is 4. The maximum atomic E-state index is 12.6. The zero-order valence-electron chi connectivity index (χ0n) is 14.2. The highest BCUT2D eigenvalue weighted by atomic mass is 16.7. The number of nitrogens with zero attached hydrogens (tertiary/aromatic N) is 1. The van der Waals surface area contributed by atoms with Gasteiger partial charge in [-0.15, -0.1) is 0 Å². The van der Waals surface area contributed by atoms with Crippen LogP contribution in [0.15, 0.2) is 36.5 Å². The maximum Gasteiger partial charge on any atom is 0.255 e. The van der Waals surface area contributed by atoms with Crippen LogP contribution in [-0.2, 0) is 9.47 Å². The van der Waals surface area contributed by atoms with Gasteiger partial charge in [-0.05, 0) is 18.8 Å². The van der Waals surface area contributed by atoms with E-state index in [0.29, 0.717) is 31.2 Å². The minimum absolute atomic E-state index is 0.0822. The lowest BCUT2D eigenvalue weighted by Crippen LogP contribution is -2.38. The van der Waals surface area contributed by atoms with E-state index in [-0.39, 0.29) is 11.7 Å². The molecule has 1 saturated carbocycles. The Labute approximate surface area is 146 Å². The Bertz CT molecular complexity index is 713. The number of hydrogen-bond donors (Lipinski definition) is 2. The third-order valence-electron chi connectivity index (χ3n) is 5.18. The number of H-pyrrole nitrogens is 1. The van der Waals surface area contributed by atoms with Crippen molar-refractivity contribution >= 4 is 5.91 Å². The van der Waals surface area contributed by atoms with Crippen molar-refractivity contribution in [3.8, 4) is 11.3 Å². The normalized spacial score (nSPS) is 20.0. The Kier molecular flexibility index (Phi) is 4.55. The summed E-state index contributed by atoms with van der Waals surface area (Å²) in [7, 11) is 0. The number of amides is 1. The van der Waals surface area contributed by atoms with Gasteiger partial charge < -0.3 is 14.8 Å². The summed E-state index contributed by atoms with van der Waals surface area (Å²) < 4.78 is 11.5. The largest absolute Gasteiger partial charge is 0.352 e. The molecule has 2 N–H and O–H groups in total. The van der Waals surface area contributed by atoms with Crippen molar-refractivity contribution in [2.24, 2.45) is 5.92 Å². The van der Waals surface area contributed by atoms with Gasteiger partial charge in [-0.25, -0.2) is 0 Å². The van der Waals surface area contributed by atoms with Gasteiger partial charge in [-0.2, -0.15) is 5.10 Å². The molecule has 6 nitrogen and oxygen atoms in total. The van der Waals surface area contributed by atoms with Crippen molar-refractivity contribution in [3.05, 3.63) is 42.1 Å². The highest BCUT2D eigenvalue weighted by molar-refractivity contribution is 5.99. The molecule has 0 bridgehead atoms. The first-order valence-electron chi connectivity index (χ1n) is 8.91. The molecule has 2 aliphatic rings. The summed E-state index contributed by atoms with van der Waals surface area (Å²) in [5.74, 6) is 0.0432. The van der Waals surface area contributed by atoms with Crippen LogP contribution in [0.1, 0.15) is 36.0 Å². The molecule has 1 saturated heterocycles. The van der Waals surface area contributed by atoms with E-state index in [1.807, 2.05) is 30.3 Å². The van der Waals surface area contributed by atoms with Crippen LogP contribution in [0, 0.1) is 5.92 Å². The number of nitrogens with one attached hydrogen (secondary N) is 2. The van der Waals surface area contributed by atoms with E-state index >= 15 is 0 Å². The number of benzene rings is 1. The number of ether oxygens (including phenoxy) is 2. The van der Waals surface area contributed by atoms with E-state index in [9.17, 15) is 4.79 Å². The van der Waals surface area contributed by atoms with Gasteiger partial charge in [0.15, 0.2) is 5.79 Å². The smallest absolute Gasteiger partial charge is 0.255 e. The minimum atomic E-state index is -0.342. The molecule has 1 aliphatic carbocycles. The quantitative estimate of drug-likeness (QED) is 0.896. The molecule has 1 aromatic heterocycles. The maximum absolute atomic E-state index is 12.6. The second kappa shape index (κ2) is 6.98. The summed E-state index contributed by atoms with van der Waals surface area (Å²) in [6.07, 6.45) is 5.44. The van der Waals surface area contributed by atoms with Crippen molar-refractivity contribution in [1.82, 2.24) is 15.5 Å². The molecule has 132 valence electrons. The van der Waals surface area contributed by atoms with Gasteiger partial charge in [0.25, 0.3) is 5.91 Å². The first kappa shape index (κ1) is 16.3. The molecule has 1 spiro atoms. The van der Waals surface area contributed by atoms with E-state index in [1.54, 1.807) is 6.20 Å². The molecular formula is C19H23N3O3. The third kappa shape index (κ3) is 3.45. The van der Waals surface area contributed by atoms with Gasteiger partial charge >= 0.3 is 0 Å². The average Bonchev–Trinajstić information content (AvgIpc) is 3.32. The summed E-state index contributed by atoms with van der Waals surface area (Å²) in [6, 6.07) is 9.78. The molecule has 0 radical (unpaired) electrons. The van der Waals surface area contributed by atoms with E-state index in [4.69, 9.17) is 9.47 Å². The second-order valence-corrected chi connectivity index (χ2v) is 6.79. The van der Waals surface area contributed by atoms with Gasteiger partial charge in [0.1, 0.15) is 0 Å². The Balaban J connectivity index is 1.34. The zero-order valence-corrected chi connectivity index (χ0v) is 14.2. The summed E-state index contributed by atoms with van der Waals surface area (Å²) in [5, 5.41) is 10.0. The number of aromatic amines is 1. The van der Waals surface area contributed by atoms with Crippen LogP contribution >= 0.6 is 0 Å². The van der Waals surface area contributed by atoms with Crippen molar-refractivity contribution in [2.75, 3.05) is 19.8 Å². The van der Waals surface area contributed by atoms with Gasteiger partial charge in [0.05, 0.1) is 30.7 Å². The molecule has 2 heterocycles. The predicted octanol–water partition coefficient (Wildman–Crippen LogP) is 2.74. The standard InChI is InChI=1S/C19H23N3O3/c23-18(16-13-21-22-17(16)15-4-2-1-3-5-15)20-12-14-6-8-19(9-7-14)24-10-11-25-19/h1-5,13-14H,6-12H2,(H,20,23)(H,21,22). The fourth-order valence-corrected chi connectivity index (χ4v) is 3.72. The third-order valence-corrected chi connectivity index (χ3v) is 5.18. The number of carbonyl (C=O) groups is 1. The van der Waals surface area contributed by atoms with Crippen LogP contribution in [-0.4, -0.2) is 41.7 Å². The fourth-order valence-electron chi connectivity index (χ4n) is 3.72. The fraction of sp³-hybridized carbons (Fsp3) is 0.474. The Morgan fingerprint density at radius 3 is 2.64 bits per heavy atom. The van der Waals surface area contributed by atoms with Crippen molar-refractivity contribution in [1.29, 1.82) is 0 Å². The Morgan fingerprint density at radius 1 is 1.20 bits per heavy atom. The number of carbonyl (C=O) groups excluding carboxylic acids is 1. The molecule has 2 aromatic rings. The lowest BCUT2D eigenvalue weighted by atomic mass is 9.85. The van der Waals surface area contributed by atoms with Crippen molar-refractivity contribution < 1.29 is 14.3 Å². The van der Waals surface area contributed by atoms with Gasteiger partial charge in [0.2, 0.25) is 0 Å². The first-order valence-corrected chi connectivity index (χ1v) is 8.91. The predicted molar refractivity (Wildman–Crippen MR) is 92.9 cm³/mol. The minimum Gasteiger partial charge on any atom is -0.352 e. The van der Waals surface area contributed by atoms with Crippen molar-refractivity contribution in [3.63, 3.8) is 0 Å². The van der Waals surface area contributed by atoms with Crippen LogP contribution in [0.25, 0.3) is 11.3 Å². The molecule has 1 aromatic carbocycles. The average molecular weight is 341 g/mol. The summed E-state index contributed by atoms with van der Waals surface area (Å²) >= 11 is 0. The highest BCUT2D eigenvalue weighted by Crippen LogP contribution is 2.38. The van der Waals surface area contributed by atoms with Crippen LogP contribution in [0.4, 0.5) is 0 Å². The summed E-state index contributed by atoms with van der Waals surface area (Å²) in [6.45, 7) is 2.07. The van der Waals surface area contributed by atoms with Crippen LogP contribution < -0.4 is 5.32 Å². The van der Waals surface area contributed by atoms with E-state index in [2.05, 4.69) is 15.5 Å². The molecule has 1 aliphatic heterocycles. The summed E-state index contributed by atoms with van der Waals surface area (Å²) in [4.78, 5) is 12.6. The highest BCUT2D eigenvalue weighted by Gasteiger charge is 2.40. The lowest BCUT2D eigenvalue weighted by molar-refractivity contribution is -0.182. The molecule has 1 amide bonds. The molecular weight excluding hydrogens is 318 g/mol. The number of hydrogen-bond acceptors (Lipinski definition) is 4. The first-order chi connectivity index (χ1) is 12.3. The topological polar surface area (TPSA) is 76.2 Å². The Morgan fingerprint density at radius 2 is 1.92 bits per heavy atom. The molecule has 0 atom stereocenters. The Hall–Kier alpha value is -2.18. The van der Waals surface area contributed by atoms with Crippen LogP contribution in [0.3, 0.4) is 0 Å². The number of aromatic nitrogens is 2. The monoisotopic (exact) mass is 341 g/mol. The zero-order chi connectivity index (χ0) is 17.1. The van der Waals surface area contributed by atoms with Gasteiger partial charge in [-0.1, -0.05) is 30.3 Å². The molecule has 6 heteroatoms. The van der Waals surface area contributed by atoms with Crippen molar-refractivity contribution in [2.45, 2.75) is 31.5 Å². The summed E-state index contributed by atoms with van der Waals surface area (Å²) in [5.41, 5.74) is 2.30.